The second-order valence-electron chi connectivity index (χ2n) is 9.90. The Morgan fingerprint density at radius 1 is 1.14 bits per heavy atom. The van der Waals surface area contributed by atoms with E-state index >= 15 is 0 Å². The van der Waals surface area contributed by atoms with Gasteiger partial charge in [0.2, 0.25) is 5.91 Å². The van der Waals surface area contributed by atoms with Gasteiger partial charge in [-0.25, -0.2) is 0 Å². The molecule has 2 heterocycles. The minimum atomic E-state index is -0.430. The van der Waals surface area contributed by atoms with Crippen LogP contribution in [-0.4, -0.2) is 41.5 Å². The first-order chi connectivity index (χ1) is 18.0. The number of nitro groups is 1. The maximum atomic E-state index is 14.1. The minimum absolute atomic E-state index is 0.0688. The lowest BCUT2D eigenvalue weighted by Crippen LogP contribution is -2.43. The van der Waals surface area contributed by atoms with Gasteiger partial charge in [0.25, 0.3) is 5.69 Å². The number of amides is 1. The molecule has 0 bridgehead atoms. The lowest BCUT2D eigenvalue weighted by molar-refractivity contribution is -0.384. The lowest BCUT2D eigenvalue weighted by Gasteiger charge is -2.30. The summed E-state index contributed by atoms with van der Waals surface area (Å²) in [6.07, 6.45) is 6.77. The van der Waals surface area contributed by atoms with Crippen LogP contribution in [0.15, 0.2) is 48.2 Å². The van der Waals surface area contributed by atoms with Crippen molar-refractivity contribution >= 4 is 23.0 Å². The number of allylic oxidation sites excluding steroid dienone is 1. The van der Waals surface area contributed by atoms with E-state index < -0.39 is 4.92 Å². The predicted molar refractivity (Wildman–Crippen MR) is 140 cm³/mol. The maximum absolute atomic E-state index is 14.1. The third-order valence-electron chi connectivity index (χ3n) is 7.63. The number of benzene rings is 2. The highest BCUT2D eigenvalue weighted by Crippen LogP contribution is 2.42. The number of hydrogen-bond acceptors (Lipinski definition) is 7. The molecule has 1 saturated heterocycles. The molecule has 0 radical (unpaired) electrons. The van der Waals surface area contributed by atoms with Gasteiger partial charge in [-0.2, -0.15) is 5.26 Å². The van der Waals surface area contributed by atoms with E-state index in [1.54, 1.807) is 18.1 Å². The van der Waals surface area contributed by atoms with Gasteiger partial charge in [-0.15, -0.1) is 0 Å². The average Bonchev–Trinajstić information content (AvgIpc) is 3.39. The molecule has 2 aromatic carbocycles. The zero-order valence-electron chi connectivity index (χ0n) is 21.0. The molecular weight excluding hydrogens is 470 g/mol. The van der Waals surface area contributed by atoms with E-state index in [1.807, 2.05) is 29.2 Å². The Hall–Kier alpha value is -4.06. The Morgan fingerprint density at radius 2 is 1.89 bits per heavy atom. The molecule has 1 saturated carbocycles. The molecule has 1 unspecified atom stereocenters. The third kappa shape index (κ3) is 4.84. The summed E-state index contributed by atoms with van der Waals surface area (Å²) in [4.78, 5) is 29.2. The summed E-state index contributed by atoms with van der Waals surface area (Å²) < 4.78 is 5.29. The Kier molecular flexibility index (Phi) is 6.99. The summed E-state index contributed by atoms with van der Waals surface area (Å²) in [7, 11) is 1.60. The third-order valence-corrected chi connectivity index (χ3v) is 7.63. The van der Waals surface area contributed by atoms with E-state index in [1.165, 1.54) is 18.6 Å². The van der Waals surface area contributed by atoms with Crippen LogP contribution in [0.4, 0.5) is 11.4 Å². The van der Waals surface area contributed by atoms with E-state index in [4.69, 9.17) is 4.74 Å². The number of fused-ring (bicyclic) bond motifs is 3. The second-order valence-corrected chi connectivity index (χ2v) is 9.90. The number of nitrogens with zero attached hydrogens (tertiary/aromatic N) is 4. The van der Waals surface area contributed by atoms with Gasteiger partial charge in [-0.1, -0.05) is 31.4 Å². The van der Waals surface area contributed by atoms with Gasteiger partial charge in [0.15, 0.2) is 0 Å². The van der Waals surface area contributed by atoms with Crippen molar-refractivity contribution in [1.29, 1.82) is 5.26 Å². The number of methoxy groups -OCH3 is 1. The van der Waals surface area contributed by atoms with Gasteiger partial charge < -0.3 is 19.9 Å². The highest BCUT2D eigenvalue weighted by atomic mass is 16.6. The first-order valence-electron chi connectivity index (χ1n) is 12.9. The molecule has 2 aromatic rings. The summed E-state index contributed by atoms with van der Waals surface area (Å²) in [6, 6.07) is 14.3. The number of carbonyl (C=O) groups excluding carboxylic acids is 1. The van der Waals surface area contributed by atoms with Crippen LogP contribution < -0.4 is 15.0 Å². The molecular formula is C28H31N5O4. The van der Waals surface area contributed by atoms with Crippen molar-refractivity contribution in [3.63, 3.8) is 0 Å². The number of nitro benzene ring substituents is 1. The van der Waals surface area contributed by atoms with Crippen LogP contribution in [-0.2, 0) is 11.3 Å². The number of non-ortho nitro benzene ring substituents is 1. The number of hydrogen-bond donors (Lipinski definition) is 1. The van der Waals surface area contributed by atoms with E-state index in [0.717, 1.165) is 43.4 Å². The fourth-order valence-electron chi connectivity index (χ4n) is 5.77. The number of rotatable bonds is 6. The van der Waals surface area contributed by atoms with E-state index in [2.05, 4.69) is 11.4 Å². The van der Waals surface area contributed by atoms with Crippen LogP contribution in [0.25, 0.3) is 5.70 Å². The maximum Gasteiger partial charge on any atom is 0.270 e. The van der Waals surface area contributed by atoms with Crippen molar-refractivity contribution in [3.8, 4) is 11.8 Å². The van der Waals surface area contributed by atoms with Crippen LogP contribution in [0, 0.1) is 21.4 Å². The highest BCUT2D eigenvalue weighted by molar-refractivity contribution is 5.99. The largest absolute Gasteiger partial charge is 0.497 e. The Bertz CT molecular complexity index is 1260. The zero-order valence-corrected chi connectivity index (χ0v) is 21.0. The van der Waals surface area contributed by atoms with Crippen molar-refractivity contribution in [1.82, 2.24) is 10.2 Å². The number of ether oxygens (including phenoxy) is 1. The van der Waals surface area contributed by atoms with Gasteiger partial charge in [0.05, 0.1) is 24.3 Å². The Labute approximate surface area is 216 Å². The molecule has 2 aliphatic heterocycles. The summed E-state index contributed by atoms with van der Waals surface area (Å²) in [6.45, 7) is 0.922. The first kappa shape index (κ1) is 24.6. The summed E-state index contributed by atoms with van der Waals surface area (Å²) in [5.74, 6) is 0.613. The quantitative estimate of drug-likeness (QED) is 0.346. The van der Waals surface area contributed by atoms with Gasteiger partial charge in [0.1, 0.15) is 23.6 Å². The summed E-state index contributed by atoms with van der Waals surface area (Å²) in [5.41, 5.74) is 2.81. The van der Waals surface area contributed by atoms with Gasteiger partial charge in [0, 0.05) is 36.0 Å². The van der Waals surface area contributed by atoms with Crippen LogP contribution in [0.5, 0.6) is 5.75 Å². The number of nitrogens with one attached hydrogen (secondary N) is 1. The molecule has 9 nitrogen and oxygen atoms in total. The topological polar surface area (TPSA) is 112 Å². The predicted octanol–water partition coefficient (Wildman–Crippen LogP) is 4.73. The van der Waals surface area contributed by atoms with Gasteiger partial charge in [-0.3, -0.25) is 14.9 Å². The summed E-state index contributed by atoms with van der Waals surface area (Å²) in [5, 5.41) is 25.6. The van der Waals surface area contributed by atoms with E-state index in [-0.39, 0.29) is 35.9 Å². The standard InChI is InChI=1S/C28H31N5O4/c1-37-22-12-9-19(10-13-22)18-32-27(24(17-29)30-20-6-3-2-4-7-20)23-16-21(33(35)36)11-14-25(23)31-15-5-8-26(31)28(32)34/h9-14,16,20,26,30H,2-8,15,18H2,1H3/b27-24+. The molecule has 37 heavy (non-hydrogen) atoms. The number of carbonyl (C=O) groups is 1. The molecule has 0 aromatic heterocycles. The SMILES string of the molecule is COc1ccc(CN2C(=O)C3CCCN3c3ccc([N+](=O)[O-])cc3/C2=C(/C#N)NC2CCCCC2)cc1. The molecule has 5 rings (SSSR count). The van der Waals surface area contributed by atoms with E-state index in [9.17, 15) is 20.2 Å². The van der Waals surface area contributed by atoms with Crippen molar-refractivity contribution in [2.45, 2.75) is 63.6 Å². The molecule has 1 N–H and O–H groups in total. The van der Waals surface area contributed by atoms with Crippen molar-refractivity contribution in [2.24, 2.45) is 0 Å². The molecule has 192 valence electrons. The zero-order chi connectivity index (χ0) is 25.9. The molecule has 9 heteroatoms. The van der Waals surface area contributed by atoms with Crippen molar-refractivity contribution in [2.75, 3.05) is 18.6 Å². The minimum Gasteiger partial charge on any atom is -0.497 e. The molecule has 3 aliphatic rings. The second kappa shape index (κ2) is 10.5. The molecule has 1 amide bonds. The molecule has 0 spiro atoms. The fraction of sp³-hybridized carbons (Fsp3) is 0.429. The van der Waals surface area contributed by atoms with Crippen molar-refractivity contribution in [3.05, 3.63) is 69.4 Å². The smallest absolute Gasteiger partial charge is 0.270 e. The Morgan fingerprint density at radius 3 is 2.57 bits per heavy atom. The summed E-state index contributed by atoms with van der Waals surface area (Å²) >= 11 is 0. The van der Waals surface area contributed by atoms with Gasteiger partial charge >= 0.3 is 0 Å². The first-order valence-corrected chi connectivity index (χ1v) is 12.9. The monoisotopic (exact) mass is 501 g/mol. The molecule has 2 fully saturated rings. The van der Waals surface area contributed by atoms with Crippen LogP contribution in [0.3, 0.4) is 0 Å². The fourth-order valence-corrected chi connectivity index (χ4v) is 5.77. The number of anilines is 1. The van der Waals surface area contributed by atoms with E-state index in [0.29, 0.717) is 30.0 Å². The van der Waals surface area contributed by atoms with Crippen molar-refractivity contribution < 1.29 is 14.5 Å². The van der Waals surface area contributed by atoms with Gasteiger partial charge in [-0.05, 0) is 49.4 Å². The normalized spacial score (nSPS) is 21.0. The Balaban J connectivity index is 1.69. The molecule has 1 aliphatic carbocycles. The average molecular weight is 502 g/mol. The van der Waals surface area contributed by atoms with Crippen LogP contribution >= 0.6 is 0 Å². The molecule has 1 atom stereocenters. The highest BCUT2D eigenvalue weighted by Gasteiger charge is 2.42. The van der Waals surface area contributed by atoms with Crippen LogP contribution in [0.1, 0.15) is 56.1 Å². The lowest BCUT2D eigenvalue weighted by atomic mass is 9.95. The number of nitriles is 1. The van der Waals surface area contributed by atoms with Crippen LogP contribution in [0.2, 0.25) is 0 Å².